The molecule has 2 rings (SSSR count). The summed E-state index contributed by atoms with van der Waals surface area (Å²) in [5.74, 6) is -1.16. The Morgan fingerprint density at radius 1 is 1.22 bits per heavy atom. The normalized spacial score (nSPS) is 38.7. The first-order chi connectivity index (χ1) is 8.37. The fourth-order valence-electron chi connectivity index (χ4n) is 2.04. The quantitative estimate of drug-likeness (QED) is 0.411. The Morgan fingerprint density at radius 3 is 2.33 bits per heavy atom. The number of esters is 2. The summed E-state index contributed by atoms with van der Waals surface area (Å²) in [6.07, 6.45) is -1.91. The van der Waals surface area contributed by atoms with Crippen LogP contribution in [0.3, 0.4) is 0 Å². The SMILES string of the molecule is C[C@@H]1O[C@H](COI)[C@H]2OC(=O)C(C)(C)C(=O)O[C@H]21. The summed E-state index contributed by atoms with van der Waals surface area (Å²) < 4.78 is 21.3. The summed E-state index contributed by atoms with van der Waals surface area (Å²) in [6, 6.07) is 0. The Labute approximate surface area is 119 Å². The number of hydrogen-bond acceptors (Lipinski definition) is 6. The maximum absolute atomic E-state index is 11.9. The van der Waals surface area contributed by atoms with Gasteiger partial charge in [0.1, 0.15) is 29.1 Å². The summed E-state index contributed by atoms with van der Waals surface area (Å²) in [4.78, 5) is 23.8. The maximum Gasteiger partial charge on any atom is 0.323 e. The maximum atomic E-state index is 11.9. The third-order valence-electron chi connectivity index (χ3n) is 3.28. The molecule has 0 aliphatic carbocycles. The predicted molar refractivity (Wildman–Crippen MR) is 67.8 cm³/mol. The highest BCUT2D eigenvalue weighted by atomic mass is 127. The molecule has 2 fully saturated rings. The van der Waals surface area contributed by atoms with Crippen LogP contribution >= 0.6 is 23.0 Å². The van der Waals surface area contributed by atoms with Crippen molar-refractivity contribution in [3.63, 3.8) is 0 Å². The first-order valence-electron chi connectivity index (χ1n) is 5.69. The van der Waals surface area contributed by atoms with Gasteiger partial charge in [-0.15, -0.1) is 0 Å². The van der Waals surface area contributed by atoms with Crippen LogP contribution in [-0.2, 0) is 26.9 Å². The molecular formula is C11H15IO6. The van der Waals surface area contributed by atoms with E-state index in [0.29, 0.717) is 0 Å². The van der Waals surface area contributed by atoms with Gasteiger partial charge < -0.3 is 17.3 Å². The molecule has 2 aliphatic rings. The summed E-state index contributed by atoms with van der Waals surface area (Å²) in [6.45, 7) is 5.05. The van der Waals surface area contributed by atoms with Crippen molar-refractivity contribution < 1.29 is 26.9 Å². The molecule has 0 aromatic heterocycles. The predicted octanol–water partition coefficient (Wildman–Crippen LogP) is 1.00. The first-order valence-corrected chi connectivity index (χ1v) is 6.57. The van der Waals surface area contributed by atoms with E-state index >= 15 is 0 Å². The van der Waals surface area contributed by atoms with E-state index in [9.17, 15) is 9.59 Å². The molecule has 0 aromatic rings. The largest absolute Gasteiger partial charge is 0.455 e. The van der Waals surface area contributed by atoms with Crippen LogP contribution in [0.2, 0.25) is 0 Å². The molecule has 0 saturated carbocycles. The van der Waals surface area contributed by atoms with Crippen molar-refractivity contribution >= 4 is 34.9 Å². The van der Waals surface area contributed by atoms with Gasteiger partial charge in [0, 0.05) is 0 Å². The molecule has 0 N–H and O–H groups in total. The first kappa shape index (κ1) is 14.0. The summed E-state index contributed by atoms with van der Waals surface area (Å²) in [5, 5.41) is 0. The highest BCUT2D eigenvalue weighted by Crippen LogP contribution is 2.34. The van der Waals surface area contributed by atoms with Crippen LogP contribution in [0.4, 0.5) is 0 Å². The van der Waals surface area contributed by atoms with Crippen LogP contribution in [0.25, 0.3) is 0 Å². The van der Waals surface area contributed by atoms with Gasteiger partial charge in [-0.3, -0.25) is 9.59 Å². The number of halogens is 1. The lowest BCUT2D eigenvalue weighted by molar-refractivity contribution is -0.167. The standard InChI is InChI=1S/C11H15IO6/c1-5-7-8(6(16-5)4-15-12)18-10(14)11(2,3)9(13)17-7/h5-8H,4H2,1-3H3/t5-,6+,7-,8+/m0/s1. The fourth-order valence-corrected chi connectivity index (χ4v) is 2.39. The smallest absolute Gasteiger partial charge is 0.323 e. The molecule has 0 aromatic carbocycles. The minimum absolute atomic E-state index is 0.275. The van der Waals surface area contributed by atoms with Crippen molar-refractivity contribution in [2.24, 2.45) is 5.41 Å². The Morgan fingerprint density at radius 2 is 1.78 bits per heavy atom. The van der Waals surface area contributed by atoms with Crippen molar-refractivity contribution in [3.05, 3.63) is 0 Å². The minimum atomic E-state index is -1.28. The average molecular weight is 370 g/mol. The zero-order valence-corrected chi connectivity index (χ0v) is 12.5. The molecule has 0 amide bonds. The summed E-state index contributed by atoms with van der Waals surface area (Å²) in [5.41, 5.74) is -1.28. The Hall–Kier alpha value is -0.410. The fraction of sp³-hybridized carbons (Fsp3) is 0.818. The van der Waals surface area contributed by atoms with Gasteiger partial charge in [0.15, 0.2) is 17.6 Å². The van der Waals surface area contributed by atoms with Gasteiger partial charge in [0.05, 0.1) is 12.7 Å². The van der Waals surface area contributed by atoms with Crippen molar-refractivity contribution in [3.8, 4) is 0 Å². The number of ether oxygens (including phenoxy) is 3. The molecule has 0 spiro atoms. The number of hydrogen-bond donors (Lipinski definition) is 0. The number of carbonyl (C=O) groups excluding carboxylic acids is 2. The molecule has 102 valence electrons. The van der Waals surface area contributed by atoms with E-state index in [4.69, 9.17) is 17.3 Å². The molecule has 7 heteroatoms. The van der Waals surface area contributed by atoms with Crippen LogP contribution in [0.15, 0.2) is 0 Å². The topological polar surface area (TPSA) is 71.1 Å². The van der Waals surface area contributed by atoms with Crippen LogP contribution in [0.5, 0.6) is 0 Å². The lowest BCUT2D eigenvalue weighted by atomic mass is 9.94. The Balaban J connectivity index is 2.25. The molecule has 0 bridgehead atoms. The molecule has 2 saturated heterocycles. The monoisotopic (exact) mass is 370 g/mol. The zero-order valence-electron chi connectivity index (χ0n) is 10.3. The van der Waals surface area contributed by atoms with Gasteiger partial charge in [-0.25, -0.2) is 0 Å². The van der Waals surface area contributed by atoms with Gasteiger partial charge in [-0.1, -0.05) is 0 Å². The molecule has 6 nitrogen and oxygen atoms in total. The number of carbonyl (C=O) groups is 2. The van der Waals surface area contributed by atoms with Gasteiger partial charge >= 0.3 is 11.9 Å². The van der Waals surface area contributed by atoms with Gasteiger partial charge in [0.25, 0.3) is 0 Å². The molecular weight excluding hydrogens is 355 g/mol. The van der Waals surface area contributed by atoms with Gasteiger partial charge in [-0.05, 0) is 20.8 Å². The average Bonchev–Trinajstić information content (AvgIpc) is 2.52. The van der Waals surface area contributed by atoms with Crippen LogP contribution in [-0.4, -0.2) is 43.0 Å². The zero-order chi connectivity index (χ0) is 13.5. The molecule has 0 radical (unpaired) electrons. The summed E-state index contributed by atoms with van der Waals surface area (Å²) >= 11 is 1.75. The van der Waals surface area contributed by atoms with E-state index in [1.807, 2.05) is 0 Å². The van der Waals surface area contributed by atoms with Crippen LogP contribution in [0.1, 0.15) is 20.8 Å². The lowest BCUT2D eigenvalue weighted by Gasteiger charge is -2.19. The van der Waals surface area contributed by atoms with E-state index in [-0.39, 0.29) is 12.7 Å². The number of rotatable bonds is 2. The van der Waals surface area contributed by atoms with Crippen molar-refractivity contribution in [1.29, 1.82) is 0 Å². The minimum Gasteiger partial charge on any atom is -0.455 e. The highest BCUT2D eigenvalue weighted by molar-refractivity contribution is 14.1. The van der Waals surface area contributed by atoms with Crippen molar-refractivity contribution in [2.45, 2.75) is 45.2 Å². The molecule has 4 atom stereocenters. The molecule has 2 aliphatic heterocycles. The van der Waals surface area contributed by atoms with Crippen LogP contribution in [0, 0.1) is 5.41 Å². The Bertz CT molecular complexity index is 369. The lowest BCUT2D eigenvalue weighted by Crippen LogP contribution is -2.38. The van der Waals surface area contributed by atoms with Crippen LogP contribution < -0.4 is 0 Å². The highest BCUT2D eigenvalue weighted by Gasteiger charge is 2.54. The van der Waals surface area contributed by atoms with E-state index in [2.05, 4.69) is 0 Å². The van der Waals surface area contributed by atoms with E-state index < -0.39 is 35.7 Å². The summed E-state index contributed by atoms with van der Waals surface area (Å²) in [7, 11) is 0. The second-order valence-corrected chi connectivity index (χ2v) is 5.64. The molecule has 2 heterocycles. The third-order valence-corrected chi connectivity index (χ3v) is 3.64. The molecule has 18 heavy (non-hydrogen) atoms. The van der Waals surface area contributed by atoms with E-state index in [1.165, 1.54) is 13.8 Å². The Kier molecular flexibility index (Phi) is 3.84. The molecule has 0 unspecified atom stereocenters. The van der Waals surface area contributed by atoms with E-state index in [1.54, 1.807) is 29.9 Å². The number of fused-ring (bicyclic) bond motifs is 1. The van der Waals surface area contributed by atoms with Gasteiger partial charge in [-0.2, -0.15) is 0 Å². The van der Waals surface area contributed by atoms with Crippen molar-refractivity contribution in [1.82, 2.24) is 0 Å². The van der Waals surface area contributed by atoms with Gasteiger partial charge in [0.2, 0.25) is 0 Å². The van der Waals surface area contributed by atoms with E-state index in [0.717, 1.165) is 0 Å². The second-order valence-electron chi connectivity index (χ2n) is 5.02. The van der Waals surface area contributed by atoms with Crippen molar-refractivity contribution in [2.75, 3.05) is 6.61 Å². The third kappa shape index (κ3) is 2.23. The second kappa shape index (κ2) is 4.93.